The fraction of sp³-hybridized carbons (Fsp3) is 0.632. The molecule has 1 aromatic rings. The molecule has 0 N–H and O–H groups in total. The number of carbonyl (C=O) groups is 1. The predicted octanol–water partition coefficient (Wildman–Crippen LogP) is 2.30. The molecule has 0 aliphatic carbocycles. The Morgan fingerprint density at radius 3 is 2.83 bits per heavy atom. The lowest BCUT2D eigenvalue weighted by Crippen LogP contribution is -2.53. The van der Waals surface area contributed by atoms with Gasteiger partial charge in [0, 0.05) is 31.6 Å². The van der Waals surface area contributed by atoms with E-state index < -0.39 is 0 Å². The number of ether oxygens (including phenoxy) is 2. The predicted molar refractivity (Wildman–Crippen MR) is 91.4 cm³/mol. The first-order valence-corrected chi connectivity index (χ1v) is 9.12. The lowest BCUT2D eigenvalue weighted by Gasteiger charge is -2.41. The average Bonchev–Trinajstić information content (AvgIpc) is 2.94. The van der Waals surface area contributed by atoms with Crippen molar-refractivity contribution < 1.29 is 14.3 Å². The molecule has 4 rings (SSSR count). The van der Waals surface area contributed by atoms with E-state index in [4.69, 9.17) is 9.47 Å². The van der Waals surface area contributed by atoms with Gasteiger partial charge in [0.2, 0.25) is 5.91 Å². The molecule has 0 spiro atoms. The molecule has 2 saturated heterocycles. The molecule has 3 heterocycles. The summed E-state index contributed by atoms with van der Waals surface area (Å²) in [5, 5.41) is 0. The van der Waals surface area contributed by atoms with Crippen molar-refractivity contribution in [2.45, 2.75) is 50.8 Å². The highest BCUT2D eigenvalue weighted by Crippen LogP contribution is 2.31. The third kappa shape index (κ3) is 3.09. The Hall–Kier alpha value is -1.75. The highest BCUT2D eigenvalue weighted by Gasteiger charge is 2.36. The van der Waals surface area contributed by atoms with Gasteiger partial charge in [-0.15, -0.1) is 0 Å². The average molecular weight is 330 g/mol. The Kier molecular flexibility index (Phi) is 4.35. The van der Waals surface area contributed by atoms with Crippen LogP contribution in [-0.4, -0.2) is 60.1 Å². The molecule has 3 atom stereocenters. The minimum absolute atomic E-state index is 0.0605. The molecule has 0 radical (unpaired) electrons. The van der Waals surface area contributed by atoms with Crippen molar-refractivity contribution in [3.63, 3.8) is 0 Å². The first-order chi connectivity index (χ1) is 11.7. The van der Waals surface area contributed by atoms with Gasteiger partial charge in [0.25, 0.3) is 0 Å². The van der Waals surface area contributed by atoms with Gasteiger partial charge in [-0.3, -0.25) is 9.69 Å². The van der Waals surface area contributed by atoms with Gasteiger partial charge in [-0.1, -0.05) is 12.1 Å². The number of rotatable bonds is 3. The van der Waals surface area contributed by atoms with E-state index in [9.17, 15) is 4.79 Å². The molecule has 0 aromatic heterocycles. The number of para-hydroxylation sites is 2. The van der Waals surface area contributed by atoms with Gasteiger partial charge in [-0.2, -0.15) is 0 Å². The van der Waals surface area contributed by atoms with Crippen molar-refractivity contribution in [2.75, 3.05) is 26.2 Å². The third-order valence-corrected chi connectivity index (χ3v) is 5.44. The third-order valence-electron chi connectivity index (χ3n) is 5.44. The summed E-state index contributed by atoms with van der Waals surface area (Å²) in [7, 11) is 0. The zero-order valence-corrected chi connectivity index (χ0v) is 14.3. The molecule has 0 saturated carbocycles. The highest BCUT2D eigenvalue weighted by atomic mass is 16.6. The number of carbonyl (C=O) groups excluding carboxylic acids is 1. The molecular weight excluding hydrogens is 304 g/mol. The van der Waals surface area contributed by atoms with Crippen LogP contribution in [0.25, 0.3) is 0 Å². The molecule has 1 amide bonds. The molecule has 2 fully saturated rings. The summed E-state index contributed by atoms with van der Waals surface area (Å²) >= 11 is 0. The van der Waals surface area contributed by atoms with E-state index in [1.807, 2.05) is 24.3 Å². The van der Waals surface area contributed by atoms with Gasteiger partial charge in [-0.25, -0.2) is 0 Å². The fourth-order valence-electron chi connectivity index (χ4n) is 4.27. The number of nitrogens with zero attached hydrogens (tertiary/aromatic N) is 2. The van der Waals surface area contributed by atoms with Crippen LogP contribution in [-0.2, 0) is 4.79 Å². The molecule has 3 unspecified atom stereocenters. The van der Waals surface area contributed by atoms with Crippen LogP contribution >= 0.6 is 0 Å². The molecule has 5 heteroatoms. The number of benzene rings is 1. The van der Waals surface area contributed by atoms with E-state index in [-0.39, 0.29) is 6.10 Å². The Morgan fingerprint density at radius 1 is 1.21 bits per heavy atom. The number of amides is 1. The van der Waals surface area contributed by atoms with Crippen molar-refractivity contribution in [1.82, 2.24) is 9.80 Å². The standard InChI is InChI=1S/C19H26N2O3/c1-14-8-9-19(22)21(14)15-5-4-10-20(11-15)12-16-13-23-17-6-2-3-7-18(17)24-16/h2-3,6-7,14-16H,4-5,8-13H2,1H3. The summed E-state index contributed by atoms with van der Waals surface area (Å²) in [5.41, 5.74) is 0. The van der Waals surface area contributed by atoms with Crippen LogP contribution in [0, 0.1) is 0 Å². The molecule has 5 nitrogen and oxygen atoms in total. The Balaban J connectivity index is 1.36. The lowest BCUT2D eigenvalue weighted by molar-refractivity contribution is -0.132. The smallest absolute Gasteiger partial charge is 0.223 e. The van der Waals surface area contributed by atoms with Crippen molar-refractivity contribution >= 4 is 5.91 Å². The van der Waals surface area contributed by atoms with Crippen LogP contribution in [0.15, 0.2) is 24.3 Å². The van der Waals surface area contributed by atoms with Gasteiger partial charge >= 0.3 is 0 Å². The van der Waals surface area contributed by atoms with Crippen molar-refractivity contribution in [1.29, 1.82) is 0 Å². The summed E-state index contributed by atoms with van der Waals surface area (Å²) in [6.45, 7) is 5.67. The summed E-state index contributed by atoms with van der Waals surface area (Å²) in [6, 6.07) is 8.60. The van der Waals surface area contributed by atoms with Crippen LogP contribution < -0.4 is 9.47 Å². The van der Waals surface area contributed by atoms with E-state index in [1.54, 1.807) is 0 Å². The number of likely N-dealkylation sites (tertiary alicyclic amines) is 2. The largest absolute Gasteiger partial charge is 0.486 e. The Morgan fingerprint density at radius 2 is 2.04 bits per heavy atom. The van der Waals surface area contributed by atoms with Gasteiger partial charge < -0.3 is 14.4 Å². The summed E-state index contributed by atoms with van der Waals surface area (Å²) in [6.07, 6.45) is 4.05. The van der Waals surface area contributed by atoms with E-state index in [0.717, 1.165) is 50.4 Å². The van der Waals surface area contributed by atoms with Crippen molar-refractivity contribution in [3.05, 3.63) is 24.3 Å². The molecule has 3 aliphatic heterocycles. The molecule has 3 aliphatic rings. The minimum atomic E-state index is 0.0605. The molecule has 130 valence electrons. The maximum atomic E-state index is 12.2. The van der Waals surface area contributed by atoms with Gasteiger partial charge in [0.15, 0.2) is 11.5 Å². The SMILES string of the molecule is CC1CCC(=O)N1C1CCCN(CC2COc3ccccc3O2)C1. The quantitative estimate of drug-likeness (QED) is 0.853. The van der Waals surface area contributed by atoms with Crippen LogP contribution in [0.1, 0.15) is 32.6 Å². The molecule has 24 heavy (non-hydrogen) atoms. The second-order valence-corrected chi connectivity index (χ2v) is 7.24. The first kappa shape index (κ1) is 15.8. The Labute approximate surface area is 143 Å². The second kappa shape index (κ2) is 6.63. The zero-order valence-electron chi connectivity index (χ0n) is 14.3. The first-order valence-electron chi connectivity index (χ1n) is 9.12. The number of fused-ring (bicyclic) bond motifs is 1. The van der Waals surface area contributed by atoms with E-state index in [2.05, 4.69) is 16.7 Å². The maximum Gasteiger partial charge on any atom is 0.223 e. The fourth-order valence-corrected chi connectivity index (χ4v) is 4.27. The van der Waals surface area contributed by atoms with Crippen LogP contribution in [0.3, 0.4) is 0 Å². The topological polar surface area (TPSA) is 42.0 Å². The van der Waals surface area contributed by atoms with Gasteiger partial charge in [0.05, 0.1) is 0 Å². The monoisotopic (exact) mass is 330 g/mol. The molecule has 1 aromatic carbocycles. The minimum Gasteiger partial charge on any atom is -0.486 e. The normalized spacial score (nSPS) is 30.6. The summed E-state index contributed by atoms with van der Waals surface area (Å²) < 4.78 is 11.9. The zero-order chi connectivity index (χ0) is 16.5. The van der Waals surface area contributed by atoms with Crippen LogP contribution in [0.4, 0.5) is 0 Å². The van der Waals surface area contributed by atoms with Gasteiger partial charge in [0.1, 0.15) is 12.7 Å². The van der Waals surface area contributed by atoms with Gasteiger partial charge in [-0.05, 0) is 44.9 Å². The van der Waals surface area contributed by atoms with E-state index in [1.165, 1.54) is 0 Å². The maximum absolute atomic E-state index is 12.2. The number of hydrogen-bond donors (Lipinski definition) is 0. The van der Waals surface area contributed by atoms with E-state index >= 15 is 0 Å². The van der Waals surface area contributed by atoms with Crippen molar-refractivity contribution in [3.8, 4) is 11.5 Å². The van der Waals surface area contributed by atoms with Crippen molar-refractivity contribution in [2.24, 2.45) is 0 Å². The lowest BCUT2D eigenvalue weighted by atomic mass is 10.0. The Bertz CT molecular complexity index is 606. The number of piperidine rings is 1. The second-order valence-electron chi connectivity index (χ2n) is 7.24. The molecular formula is C19H26N2O3. The summed E-state index contributed by atoms with van der Waals surface area (Å²) in [4.78, 5) is 16.8. The molecule has 0 bridgehead atoms. The highest BCUT2D eigenvalue weighted by molar-refractivity contribution is 5.79. The van der Waals surface area contributed by atoms with Crippen LogP contribution in [0.5, 0.6) is 11.5 Å². The van der Waals surface area contributed by atoms with Crippen LogP contribution in [0.2, 0.25) is 0 Å². The number of hydrogen-bond acceptors (Lipinski definition) is 4. The van der Waals surface area contributed by atoms with E-state index in [0.29, 0.717) is 31.0 Å². The summed E-state index contributed by atoms with van der Waals surface area (Å²) in [5.74, 6) is 2.01.